The van der Waals surface area contributed by atoms with Crippen molar-refractivity contribution in [1.82, 2.24) is 15.1 Å². The van der Waals surface area contributed by atoms with Crippen LogP contribution in [0.1, 0.15) is 12.1 Å². The molecule has 27 heavy (non-hydrogen) atoms. The summed E-state index contributed by atoms with van der Waals surface area (Å²) in [6.45, 7) is 0.719. The van der Waals surface area contributed by atoms with Gasteiger partial charge in [0.1, 0.15) is 5.82 Å². The van der Waals surface area contributed by atoms with E-state index in [1.807, 2.05) is 0 Å². The fourth-order valence-corrected chi connectivity index (χ4v) is 2.73. The Balaban J connectivity index is 2.08. The highest BCUT2D eigenvalue weighted by Crippen LogP contribution is 2.31. The zero-order valence-corrected chi connectivity index (χ0v) is 14.2. The van der Waals surface area contributed by atoms with Gasteiger partial charge in [-0.3, -0.25) is 4.79 Å². The van der Waals surface area contributed by atoms with E-state index in [0.717, 1.165) is 17.2 Å². The molecule has 2 aromatic carbocycles. The lowest BCUT2D eigenvalue weighted by atomic mass is 9.97. The molecule has 0 aliphatic carbocycles. The quantitative estimate of drug-likeness (QED) is 0.646. The molecular weight excluding hydrogens is 355 g/mol. The molecular formula is C20H16F3N3O. The molecule has 1 amide bonds. The van der Waals surface area contributed by atoms with Gasteiger partial charge in [-0.15, -0.1) is 0 Å². The van der Waals surface area contributed by atoms with E-state index in [1.165, 1.54) is 24.4 Å². The second-order valence-corrected chi connectivity index (χ2v) is 5.74. The van der Waals surface area contributed by atoms with Crippen molar-refractivity contribution in [3.8, 4) is 22.4 Å². The zero-order valence-electron chi connectivity index (χ0n) is 14.2. The summed E-state index contributed by atoms with van der Waals surface area (Å²) in [5.74, 6) is -0.732. The molecule has 0 unspecified atom stereocenters. The van der Waals surface area contributed by atoms with E-state index in [4.69, 9.17) is 0 Å². The zero-order chi connectivity index (χ0) is 19.4. The van der Waals surface area contributed by atoms with Crippen LogP contribution >= 0.6 is 0 Å². The molecule has 0 aliphatic heterocycles. The first-order chi connectivity index (χ1) is 13.0. The smallest absolute Gasteiger partial charge is 0.333 e. The van der Waals surface area contributed by atoms with Gasteiger partial charge in [0.25, 0.3) is 0 Å². The van der Waals surface area contributed by atoms with Crippen molar-refractivity contribution in [3.63, 3.8) is 0 Å². The van der Waals surface area contributed by atoms with Gasteiger partial charge in [0.2, 0.25) is 5.91 Å². The third-order valence-corrected chi connectivity index (χ3v) is 4.06. The predicted molar refractivity (Wildman–Crippen MR) is 96.4 cm³/mol. The number of hydrogen-bond donors (Lipinski definition) is 1. The molecule has 3 aromatic rings. The number of nitrogens with one attached hydrogen (secondary N) is 1. The number of halogens is 3. The van der Waals surface area contributed by atoms with E-state index < -0.39 is 6.55 Å². The summed E-state index contributed by atoms with van der Waals surface area (Å²) in [5.41, 5.74) is 2.82. The van der Waals surface area contributed by atoms with Gasteiger partial charge in [0.05, 0.1) is 5.69 Å². The normalized spacial score (nSPS) is 10.8. The molecule has 0 aliphatic rings. The third kappa shape index (κ3) is 4.08. The maximum atomic E-state index is 13.3. The van der Waals surface area contributed by atoms with Crippen molar-refractivity contribution >= 4 is 5.91 Å². The van der Waals surface area contributed by atoms with Gasteiger partial charge in [-0.25, -0.2) is 9.07 Å². The molecule has 0 saturated heterocycles. The summed E-state index contributed by atoms with van der Waals surface area (Å²) < 4.78 is 40.4. The molecule has 0 fully saturated rings. The maximum Gasteiger partial charge on any atom is 0.333 e. The summed E-state index contributed by atoms with van der Waals surface area (Å²) in [6, 6.07) is 12.6. The van der Waals surface area contributed by atoms with Crippen LogP contribution < -0.4 is 5.32 Å². The molecule has 1 N–H and O–H groups in total. The minimum atomic E-state index is -2.81. The molecule has 0 atom stereocenters. The lowest BCUT2D eigenvalue weighted by molar-refractivity contribution is -0.116. The Morgan fingerprint density at radius 3 is 2.52 bits per heavy atom. The standard InChI is InChI=1S/C20H16F3N3O/c1-2-19(27)24-12-15-4-3-14(13-5-7-16(21)8-6-13)11-17(15)18-9-10-25-26(18)20(22)23/h2-11,20H,1,12H2,(H,24,27). The second kappa shape index (κ2) is 7.90. The van der Waals surface area contributed by atoms with Gasteiger partial charge in [-0.2, -0.15) is 13.9 Å². The molecule has 0 saturated carbocycles. The topological polar surface area (TPSA) is 46.9 Å². The van der Waals surface area contributed by atoms with Crippen LogP contribution in [0.3, 0.4) is 0 Å². The Morgan fingerprint density at radius 2 is 1.85 bits per heavy atom. The van der Waals surface area contributed by atoms with Gasteiger partial charge >= 0.3 is 6.55 Å². The molecule has 0 spiro atoms. The van der Waals surface area contributed by atoms with Crippen molar-refractivity contribution < 1.29 is 18.0 Å². The average Bonchev–Trinajstić information content (AvgIpc) is 3.16. The average molecular weight is 371 g/mol. The SMILES string of the molecule is C=CC(=O)NCc1ccc(-c2ccc(F)cc2)cc1-c1ccnn1C(F)F. The Labute approximate surface area is 153 Å². The number of hydrogen-bond acceptors (Lipinski definition) is 2. The van der Waals surface area contributed by atoms with Gasteiger partial charge < -0.3 is 5.32 Å². The molecule has 0 bridgehead atoms. The molecule has 7 heteroatoms. The first-order valence-corrected chi connectivity index (χ1v) is 8.10. The Bertz CT molecular complexity index is 965. The predicted octanol–water partition coefficient (Wildman–Crippen LogP) is 4.55. The van der Waals surface area contributed by atoms with Crippen molar-refractivity contribution in [1.29, 1.82) is 0 Å². The van der Waals surface area contributed by atoms with Crippen molar-refractivity contribution in [3.05, 3.63) is 78.8 Å². The molecule has 1 aromatic heterocycles. The molecule has 138 valence electrons. The molecule has 3 rings (SSSR count). The van der Waals surface area contributed by atoms with Gasteiger partial charge in [-0.1, -0.05) is 30.8 Å². The monoisotopic (exact) mass is 371 g/mol. The summed E-state index contributed by atoms with van der Waals surface area (Å²) in [4.78, 5) is 11.5. The van der Waals surface area contributed by atoms with E-state index in [9.17, 15) is 18.0 Å². The molecule has 1 heterocycles. The highest BCUT2D eigenvalue weighted by Gasteiger charge is 2.17. The minimum absolute atomic E-state index is 0.137. The van der Waals surface area contributed by atoms with E-state index in [0.29, 0.717) is 15.8 Å². The van der Waals surface area contributed by atoms with Gasteiger partial charge in [0.15, 0.2) is 0 Å². The highest BCUT2D eigenvalue weighted by molar-refractivity contribution is 5.87. The van der Waals surface area contributed by atoms with Crippen LogP contribution in [0.5, 0.6) is 0 Å². The van der Waals surface area contributed by atoms with E-state index in [1.54, 1.807) is 30.3 Å². The third-order valence-electron chi connectivity index (χ3n) is 4.06. The van der Waals surface area contributed by atoms with Crippen molar-refractivity contribution in [2.24, 2.45) is 0 Å². The van der Waals surface area contributed by atoms with Gasteiger partial charge in [0, 0.05) is 18.3 Å². The number of carbonyl (C=O) groups excluding carboxylic acids is 1. The van der Waals surface area contributed by atoms with E-state index in [2.05, 4.69) is 17.0 Å². The molecule has 4 nitrogen and oxygen atoms in total. The summed E-state index contributed by atoms with van der Waals surface area (Å²) in [7, 11) is 0. The lowest BCUT2D eigenvalue weighted by Gasteiger charge is -2.14. The van der Waals surface area contributed by atoms with E-state index >= 15 is 0 Å². The summed E-state index contributed by atoms with van der Waals surface area (Å²) in [6.07, 6.45) is 2.42. The summed E-state index contributed by atoms with van der Waals surface area (Å²) in [5, 5.41) is 6.31. The number of benzene rings is 2. The van der Waals surface area contributed by atoms with Crippen LogP contribution in [0, 0.1) is 5.82 Å². The fourth-order valence-electron chi connectivity index (χ4n) is 2.73. The minimum Gasteiger partial charge on any atom is -0.348 e. The van der Waals surface area contributed by atoms with Crippen LogP contribution in [0.25, 0.3) is 22.4 Å². The number of aromatic nitrogens is 2. The van der Waals surface area contributed by atoms with Crippen LogP contribution in [0.4, 0.5) is 13.2 Å². The number of nitrogens with zero attached hydrogens (tertiary/aromatic N) is 2. The maximum absolute atomic E-state index is 13.3. The Kier molecular flexibility index (Phi) is 5.40. The van der Waals surface area contributed by atoms with Crippen LogP contribution in [0.15, 0.2) is 67.4 Å². The van der Waals surface area contributed by atoms with Crippen LogP contribution in [-0.2, 0) is 11.3 Å². The fraction of sp³-hybridized carbons (Fsp3) is 0.100. The molecule has 0 radical (unpaired) electrons. The Hall–Kier alpha value is -3.35. The highest BCUT2D eigenvalue weighted by atomic mass is 19.3. The van der Waals surface area contributed by atoms with Crippen molar-refractivity contribution in [2.45, 2.75) is 13.1 Å². The summed E-state index contributed by atoms with van der Waals surface area (Å²) >= 11 is 0. The lowest BCUT2D eigenvalue weighted by Crippen LogP contribution is -2.20. The van der Waals surface area contributed by atoms with Crippen molar-refractivity contribution in [2.75, 3.05) is 0 Å². The number of alkyl halides is 2. The number of carbonyl (C=O) groups is 1. The first-order valence-electron chi connectivity index (χ1n) is 8.10. The van der Waals surface area contributed by atoms with Gasteiger partial charge in [-0.05, 0) is 47.0 Å². The van der Waals surface area contributed by atoms with Crippen LogP contribution in [-0.4, -0.2) is 15.7 Å². The second-order valence-electron chi connectivity index (χ2n) is 5.74. The number of rotatable bonds is 6. The van der Waals surface area contributed by atoms with Crippen LogP contribution in [0.2, 0.25) is 0 Å². The van der Waals surface area contributed by atoms with E-state index in [-0.39, 0.29) is 24.0 Å². The largest absolute Gasteiger partial charge is 0.348 e. The first kappa shape index (κ1) is 18.4. The Morgan fingerprint density at radius 1 is 1.15 bits per heavy atom. The number of amides is 1.